The predicted octanol–water partition coefficient (Wildman–Crippen LogP) is 1.16. The van der Waals surface area contributed by atoms with E-state index < -0.39 is 0 Å². The second-order valence-electron chi connectivity index (χ2n) is 3.75. The van der Waals surface area contributed by atoms with E-state index >= 15 is 0 Å². The van der Waals surface area contributed by atoms with Gasteiger partial charge in [-0.15, -0.1) is 0 Å². The number of nitrogens with one attached hydrogen (secondary N) is 1. The second-order valence-corrected chi connectivity index (χ2v) is 3.75. The summed E-state index contributed by atoms with van der Waals surface area (Å²) in [6.45, 7) is 3.28. The molecule has 1 saturated carbocycles. The molecular formula is C9H17NO. The highest BCUT2D eigenvalue weighted by Gasteiger charge is 2.23. The fourth-order valence-electron chi connectivity index (χ4n) is 1.52. The lowest BCUT2D eigenvalue weighted by atomic mass is 10.1. The SMILES string of the molecule is C1CNCC(OCC2CC2)C1. The van der Waals surface area contributed by atoms with Crippen LogP contribution in [-0.2, 0) is 4.74 Å². The van der Waals surface area contributed by atoms with Crippen molar-refractivity contribution < 1.29 is 4.74 Å². The molecule has 1 heterocycles. The second kappa shape index (κ2) is 3.55. The lowest BCUT2D eigenvalue weighted by molar-refractivity contribution is 0.0306. The number of hydrogen-bond donors (Lipinski definition) is 1. The minimum absolute atomic E-state index is 0.518. The number of hydrogen-bond acceptors (Lipinski definition) is 2. The summed E-state index contributed by atoms with van der Waals surface area (Å²) in [7, 11) is 0. The van der Waals surface area contributed by atoms with Crippen LogP contribution in [0.2, 0.25) is 0 Å². The van der Waals surface area contributed by atoms with Crippen LogP contribution < -0.4 is 5.32 Å². The monoisotopic (exact) mass is 155 g/mol. The lowest BCUT2D eigenvalue weighted by Gasteiger charge is -2.22. The van der Waals surface area contributed by atoms with Gasteiger partial charge in [0.25, 0.3) is 0 Å². The summed E-state index contributed by atoms with van der Waals surface area (Å²) in [6, 6.07) is 0. The van der Waals surface area contributed by atoms with Crippen LogP contribution in [0.5, 0.6) is 0 Å². The first-order valence-electron chi connectivity index (χ1n) is 4.77. The molecule has 1 saturated heterocycles. The molecule has 1 unspecified atom stereocenters. The van der Waals surface area contributed by atoms with E-state index in [2.05, 4.69) is 5.32 Å². The van der Waals surface area contributed by atoms with Gasteiger partial charge in [0, 0.05) is 13.2 Å². The van der Waals surface area contributed by atoms with Crippen LogP contribution >= 0.6 is 0 Å². The average Bonchev–Trinajstić information content (AvgIpc) is 2.86. The van der Waals surface area contributed by atoms with Crippen LogP contribution in [0, 0.1) is 5.92 Å². The van der Waals surface area contributed by atoms with E-state index in [-0.39, 0.29) is 0 Å². The van der Waals surface area contributed by atoms with E-state index in [1.54, 1.807) is 0 Å². The summed E-state index contributed by atoms with van der Waals surface area (Å²) < 4.78 is 5.74. The Morgan fingerprint density at radius 2 is 2.18 bits per heavy atom. The van der Waals surface area contributed by atoms with E-state index in [0.29, 0.717) is 6.10 Å². The Morgan fingerprint density at radius 3 is 2.82 bits per heavy atom. The van der Waals surface area contributed by atoms with Gasteiger partial charge in [-0.25, -0.2) is 0 Å². The summed E-state index contributed by atoms with van der Waals surface area (Å²) >= 11 is 0. The molecule has 2 heteroatoms. The molecule has 2 rings (SSSR count). The third-order valence-electron chi connectivity index (χ3n) is 2.52. The maximum atomic E-state index is 5.74. The van der Waals surface area contributed by atoms with Gasteiger partial charge < -0.3 is 10.1 Å². The molecule has 64 valence electrons. The molecule has 2 nitrogen and oxygen atoms in total. The van der Waals surface area contributed by atoms with Gasteiger partial charge >= 0.3 is 0 Å². The van der Waals surface area contributed by atoms with Crippen LogP contribution in [-0.4, -0.2) is 25.8 Å². The molecule has 1 N–H and O–H groups in total. The number of piperidine rings is 1. The standard InChI is InChI=1S/C9H17NO/c1-2-9(6-10-5-1)11-7-8-3-4-8/h8-10H,1-7H2. The first-order chi connectivity index (χ1) is 5.45. The molecular weight excluding hydrogens is 138 g/mol. The number of rotatable bonds is 3. The average molecular weight is 155 g/mol. The van der Waals surface area contributed by atoms with Crippen molar-refractivity contribution in [2.75, 3.05) is 19.7 Å². The van der Waals surface area contributed by atoms with Gasteiger partial charge in [-0.05, 0) is 38.1 Å². The maximum absolute atomic E-state index is 5.74. The summed E-state index contributed by atoms with van der Waals surface area (Å²) in [4.78, 5) is 0. The highest BCUT2D eigenvalue weighted by Crippen LogP contribution is 2.29. The largest absolute Gasteiger partial charge is 0.377 e. The van der Waals surface area contributed by atoms with Crippen molar-refractivity contribution in [2.45, 2.75) is 31.8 Å². The van der Waals surface area contributed by atoms with Gasteiger partial charge in [0.05, 0.1) is 6.10 Å². The van der Waals surface area contributed by atoms with E-state index in [0.717, 1.165) is 19.1 Å². The Labute approximate surface area is 68.3 Å². The first kappa shape index (κ1) is 7.56. The Balaban J connectivity index is 1.59. The molecule has 0 aromatic heterocycles. The normalized spacial score (nSPS) is 32.2. The van der Waals surface area contributed by atoms with Crippen molar-refractivity contribution in [1.29, 1.82) is 0 Å². The van der Waals surface area contributed by atoms with E-state index in [1.807, 2.05) is 0 Å². The van der Waals surface area contributed by atoms with Crippen LogP contribution in [0.4, 0.5) is 0 Å². The lowest BCUT2D eigenvalue weighted by Crippen LogP contribution is -2.35. The molecule has 0 bridgehead atoms. The van der Waals surface area contributed by atoms with Crippen molar-refractivity contribution in [1.82, 2.24) is 5.32 Å². The van der Waals surface area contributed by atoms with Crippen molar-refractivity contribution in [3.05, 3.63) is 0 Å². The summed E-state index contributed by atoms with van der Waals surface area (Å²) in [5.41, 5.74) is 0. The summed E-state index contributed by atoms with van der Waals surface area (Å²) in [6.07, 6.45) is 5.87. The predicted molar refractivity (Wildman–Crippen MR) is 44.6 cm³/mol. The highest BCUT2D eigenvalue weighted by atomic mass is 16.5. The molecule has 1 aliphatic carbocycles. The Hall–Kier alpha value is -0.0800. The third-order valence-corrected chi connectivity index (χ3v) is 2.52. The van der Waals surface area contributed by atoms with Crippen molar-refractivity contribution in [2.24, 2.45) is 5.92 Å². The Bertz CT molecular complexity index is 117. The molecule has 0 aromatic carbocycles. The van der Waals surface area contributed by atoms with Gasteiger partial charge in [0.1, 0.15) is 0 Å². The van der Waals surface area contributed by atoms with Crippen molar-refractivity contribution in [3.8, 4) is 0 Å². The van der Waals surface area contributed by atoms with E-state index in [1.165, 1.54) is 32.2 Å². The molecule has 2 aliphatic rings. The van der Waals surface area contributed by atoms with Crippen molar-refractivity contribution in [3.63, 3.8) is 0 Å². The first-order valence-corrected chi connectivity index (χ1v) is 4.77. The smallest absolute Gasteiger partial charge is 0.0700 e. The zero-order valence-corrected chi connectivity index (χ0v) is 7.01. The summed E-state index contributed by atoms with van der Waals surface area (Å²) in [5.74, 6) is 0.914. The highest BCUT2D eigenvalue weighted by molar-refractivity contribution is 4.75. The molecule has 1 aliphatic heterocycles. The zero-order chi connectivity index (χ0) is 7.52. The van der Waals surface area contributed by atoms with Crippen LogP contribution in [0.1, 0.15) is 25.7 Å². The van der Waals surface area contributed by atoms with Crippen LogP contribution in [0.3, 0.4) is 0 Å². The quantitative estimate of drug-likeness (QED) is 0.660. The fraction of sp³-hybridized carbons (Fsp3) is 1.00. The third kappa shape index (κ3) is 2.46. The van der Waals surface area contributed by atoms with Gasteiger partial charge in [0.2, 0.25) is 0 Å². The van der Waals surface area contributed by atoms with Gasteiger partial charge in [-0.1, -0.05) is 0 Å². The number of ether oxygens (including phenoxy) is 1. The Morgan fingerprint density at radius 1 is 1.27 bits per heavy atom. The minimum atomic E-state index is 0.518. The Kier molecular flexibility index (Phi) is 2.44. The molecule has 0 spiro atoms. The molecule has 0 amide bonds. The minimum Gasteiger partial charge on any atom is -0.377 e. The van der Waals surface area contributed by atoms with Crippen LogP contribution in [0.15, 0.2) is 0 Å². The molecule has 0 aromatic rings. The van der Waals surface area contributed by atoms with Gasteiger partial charge in [-0.3, -0.25) is 0 Å². The zero-order valence-electron chi connectivity index (χ0n) is 7.01. The molecule has 1 atom stereocenters. The fourth-order valence-corrected chi connectivity index (χ4v) is 1.52. The van der Waals surface area contributed by atoms with E-state index in [4.69, 9.17) is 4.74 Å². The maximum Gasteiger partial charge on any atom is 0.0700 e. The topological polar surface area (TPSA) is 21.3 Å². The van der Waals surface area contributed by atoms with Gasteiger partial charge in [0.15, 0.2) is 0 Å². The van der Waals surface area contributed by atoms with Crippen LogP contribution in [0.25, 0.3) is 0 Å². The molecule has 0 radical (unpaired) electrons. The van der Waals surface area contributed by atoms with E-state index in [9.17, 15) is 0 Å². The summed E-state index contributed by atoms with van der Waals surface area (Å²) in [5, 5.41) is 3.35. The van der Waals surface area contributed by atoms with Crippen molar-refractivity contribution >= 4 is 0 Å². The molecule has 2 fully saturated rings. The molecule has 11 heavy (non-hydrogen) atoms. The van der Waals surface area contributed by atoms with Gasteiger partial charge in [-0.2, -0.15) is 0 Å².